The van der Waals surface area contributed by atoms with Gasteiger partial charge in [-0.1, -0.05) is 11.8 Å². The highest BCUT2D eigenvalue weighted by Crippen LogP contribution is 2.28. The third kappa shape index (κ3) is 3.99. The van der Waals surface area contributed by atoms with E-state index in [9.17, 15) is 13.2 Å². The molecule has 20 heavy (non-hydrogen) atoms. The Labute approximate surface area is 116 Å². The van der Waals surface area contributed by atoms with Crippen LogP contribution in [0.1, 0.15) is 24.5 Å². The summed E-state index contributed by atoms with van der Waals surface area (Å²) in [5.74, 6) is 5.75. The monoisotopic (exact) mass is 283 g/mol. The molecule has 0 radical (unpaired) electrons. The highest BCUT2D eigenvalue weighted by Gasteiger charge is 2.29. The van der Waals surface area contributed by atoms with Crippen LogP contribution in [0, 0.1) is 11.8 Å². The highest BCUT2D eigenvalue weighted by atomic mass is 19.4. The SMILES string of the molecule is C[C@@H]1OCC[C@@H]1NCC#Cc1ccc(C(F)(F)F)cc1. The molecule has 2 nitrogen and oxygen atoms in total. The summed E-state index contributed by atoms with van der Waals surface area (Å²) in [4.78, 5) is 0. The molecule has 1 saturated heterocycles. The van der Waals surface area contributed by atoms with Gasteiger partial charge in [-0.25, -0.2) is 0 Å². The third-order valence-electron chi connectivity index (χ3n) is 3.27. The molecule has 1 N–H and O–H groups in total. The van der Waals surface area contributed by atoms with Crippen molar-refractivity contribution < 1.29 is 17.9 Å². The molecule has 1 heterocycles. The van der Waals surface area contributed by atoms with Gasteiger partial charge in [0.2, 0.25) is 0 Å². The first-order chi connectivity index (χ1) is 9.47. The fourth-order valence-corrected chi connectivity index (χ4v) is 2.07. The van der Waals surface area contributed by atoms with Gasteiger partial charge in [-0.15, -0.1) is 0 Å². The largest absolute Gasteiger partial charge is 0.416 e. The van der Waals surface area contributed by atoms with E-state index < -0.39 is 11.7 Å². The maximum Gasteiger partial charge on any atom is 0.416 e. The molecule has 0 amide bonds. The molecule has 0 aliphatic carbocycles. The van der Waals surface area contributed by atoms with Crippen LogP contribution in [0.15, 0.2) is 24.3 Å². The Hall–Kier alpha value is -1.51. The van der Waals surface area contributed by atoms with E-state index in [0.717, 1.165) is 25.2 Å². The predicted octanol–water partition coefficient (Wildman–Crippen LogP) is 2.82. The van der Waals surface area contributed by atoms with Crippen LogP contribution in [0.4, 0.5) is 13.2 Å². The summed E-state index contributed by atoms with van der Waals surface area (Å²) >= 11 is 0. The molecule has 108 valence electrons. The molecule has 5 heteroatoms. The van der Waals surface area contributed by atoms with E-state index in [1.807, 2.05) is 6.92 Å². The van der Waals surface area contributed by atoms with E-state index in [1.54, 1.807) is 0 Å². The molecule has 0 saturated carbocycles. The van der Waals surface area contributed by atoms with Gasteiger partial charge < -0.3 is 10.1 Å². The van der Waals surface area contributed by atoms with E-state index >= 15 is 0 Å². The second kappa shape index (κ2) is 6.29. The van der Waals surface area contributed by atoms with E-state index in [1.165, 1.54) is 12.1 Å². The highest BCUT2D eigenvalue weighted by molar-refractivity contribution is 5.37. The van der Waals surface area contributed by atoms with E-state index in [0.29, 0.717) is 18.2 Å². The number of benzene rings is 1. The molecule has 0 spiro atoms. The molecular formula is C15H16F3NO. The summed E-state index contributed by atoms with van der Waals surface area (Å²) in [5.41, 5.74) is -0.0753. The van der Waals surface area contributed by atoms with Gasteiger partial charge in [0.25, 0.3) is 0 Å². The number of nitrogens with one attached hydrogen (secondary N) is 1. The first kappa shape index (κ1) is 14.9. The summed E-state index contributed by atoms with van der Waals surface area (Å²) in [7, 11) is 0. The smallest absolute Gasteiger partial charge is 0.377 e. The minimum atomic E-state index is -4.30. The summed E-state index contributed by atoms with van der Waals surface area (Å²) < 4.78 is 42.5. The van der Waals surface area contributed by atoms with E-state index in [4.69, 9.17) is 4.74 Å². The number of alkyl halides is 3. The summed E-state index contributed by atoms with van der Waals surface area (Å²) in [5, 5.41) is 3.26. The van der Waals surface area contributed by atoms with Crippen molar-refractivity contribution in [2.45, 2.75) is 31.7 Å². The molecule has 2 atom stereocenters. The Morgan fingerprint density at radius 3 is 2.55 bits per heavy atom. The van der Waals surface area contributed by atoms with Crippen molar-refractivity contribution in [3.05, 3.63) is 35.4 Å². The lowest BCUT2D eigenvalue weighted by Crippen LogP contribution is -2.34. The lowest BCUT2D eigenvalue weighted by molar-refractivity contribution is -0.137. The third-order valence-corrected chi connectivity index (χ3v) is 3.27. The van der Waals surface area contributed by atoms with E-state index in [2.05, 4.69) is 17.2 Å². The summed E-state index contributed by atoms with van der Waals surface area (Å²) in [6, 6.07) is 5.17. The van der Waals surface area contributed by atoms with Gasteiger partial charge in [-0.3, -0.25) is 0 Å². The zero-order valence-corrected chi connectivity index (χ0v) is 11.1. The molecule has 1 aliphatic rings. The van der Waals surface area contributed by atoms with Crippen LogP contribution < -0.4 is 5.32 Å². The Bertz CT molecular complexity index is 499. The first-order valence-corrected chi connectivity index (χ1v) is 6.48. The van der Waals surface area contributed by atoms with Crippen LogP contribution in [-0.2, 0) is 10.9 Å². The Morgan fingerprint density at radius 2 is 2.00 bits per heavy atom. The number of hydrogen-bond acceptors (Lipinski definition) is 2. The Balaban J connectivity index is 1.86. The molecule has 1 aliphatic heterocycles. The van der Waals surface area contributed by atoms with Crippen LogP contribution in [-0.4, -0.2) is 25.3 Å². The lowest BCUT2D eigenvalue weighted by atomic mass is 10.1. The van der Waals surface area contributed by atoms with Gasteiger partial charge in [-0.2, -0.15) is 13.2 Å². The first-order valence-electron chi connectivity index (χ1n) is 6.48. The van der Waals surface area contributed by atoms with Crippen molar-refractivity contribution in [1.82, 2.24) is 5.32 Å². The predicted molar refractivity (Wildman–Crippen MR) is 70.1 cm³/mol. The number of ether oxygens (including phenoxy) is 1. The molecule has 1 aromatic carbocycles. The molecule has 1 fully saturated rings. The van der Waals surface area contributed by atoms with Crippen molar-refractivity contribution in [1.29, 1.82) is 0 Å². The van der Waals surface area contributed by atoms with Crippen molar-refractivity contribution in [3.63, 3.8) is 0 Å². The van der Waals surface area contributed by atoms with Crippen LogP contribution in [0.25, 0.3) is 0 Å². The molecule has 0 bridgehead atoms. The minimum absolute atomic E-state index is 0.183. The van der Waals surface area contributed by atoms with Gasteiger partial charge >= 0.3 is 6.18 Å². The number of hydrogen-bond donors (Lipinski definition) is 1. The number of rotatable bonds is 2. The topological polar surface area (TPSA) is 21.3 Å². The molecule has 0 unspecified atom stereocenters. The Morgan fingerprint density at radius 1 is 1.30 bits per heavy atom. The van der Waals surface area contributed by atoms with Crippen LogP contribution in [0.5, 0.6) is 0 Å². The van der Waals surface area contributed by atoms with Gasteiger partial charge in [0.1, 0.15) is 0 Å². The van der Waals surface area contributed by atoms with Crippen LogP contribution >= 0.6 is 0 Å². The second-order valence-electron chi connectivity index (χ2n) is 4.73. The Kier molecular flexibility index (Phi) is 4.69. The zero-order chi connectivity index (χ0) is 14.6. The standard InChI is InChI=1S/C15H16F3NO/c1-11-14(8-10-20-11)19-9-2-3-12-4-6-13(7-5-12)15(16,17)18/h4-7,11,14,19H,8-10H2,1H3/t11-,14-/m0/s1. The van der Waals surface area contributed by atoms with Crippen molar-refractivity contribution in [2.24, 2.45) is 0 Å². The number of halogens is 3. The van der Waals surface area contributed by atoms with Gasteiger partial charge in [-0.05, 0) is 37.6 Å². The normalized spacial score (nSPS) is 22.4. The fourth-order valence-electron chi connectivity index (χ4n) is 2.07. The van der Waals surface area contributed by atoms with Gasteiger partial charge in [0.05, 0.1) is 18.2 Å². The maximum absolute atomic E-state index is 12.4. The quantitative estimate of drug-likeness (QED) is 0.843. The molecule has 0 aromatic heterocycles. The van der Waals surface area contributed by atoms with Crippen LogP contribution in [0.3, 0.4) is 0 Å². The summed E-state index contributed by atoms with van der Waals surface area (Å²) in [6.45, 7) is 3.26. The molecular weight excluding hydrogens is 267 g/mol. The van der Waals surface area contributed by atoms with Crippen molar-refractivity contribution in [2.75, 3.05) is 13.2 Å². The molecule has 1 aromatic rings. The molecule has 2 rings (SSSR count). The lowest BCUT2D eigenvalue weighted by Gasteiger charge is -2.13. The van der Waals surface area contributed by atoms with Crippen LogP contribution in [0.2, 0.25) is 0 Å². The average Bonchev–Trinajstić information content (AvgIpc) is 2.80. The van der Waals surface area contributed by atoms with Gasteiger partial charge in [0.15, 0.2) is 0 Å². The fraction of sp³-hybridized carbons (Fsp3) is 0.467. The average molecular weight is 283 g/mol. The minimum Gasteiger partial charge on any atom is -0.377 e. The van der Waals surface area contributed by atoms with E-state index in [-0.39, 0.29) is 6.10 Å². The zero-order valence-electron chi connectivity index (χ0n) is 11.1. The summed E-state index contributed by atoms with van der Waals surface area (Å²) in [6.07, 6.45) is -3.15. The second-order valence-corrected chi connectivity index (χ2v) is 4.73. The van der Waals surface area contributed by atoms with Crippen molar-refractivity contribution >= 4 is 0 Å². The van der Waals surface area contributed by atoms with Crippen molar-refractivity contribution in [3.8, 4) is 11.8 Å². The van der Waals surface area contributed by atoms with Gasteiger partial charge in [0, 0.05) is 18.2 Å². The maximum atomic E-state index is 12.4.